The SMILES string of the molecule is CCCCCc1cc(CN)sc1CCCCC. The van der Waals surface area contributed by atoms with Gasteiger partial charge < -0.3 is 5.73 Å². The molecule has 0 amide bonds. The molecular formula is C15H27NS. The first kappa shape index (κ1) is 14.7. The van der Waals surface area contributed by atoms with Crippen LogP contribution in [0.15, 0.2) is 6.07 Å². The molecule has 0 radical (unpaired) electrons. The summed E-state index contributed by atoms with van der Waals surface area (Å²) in [7, 11) is 0. The van der Waals surface area contributed by atoms with Gasteiger partial charge in [-0.15, -0.1) is 11.3 Å². The van der Waals surface area contributed by atoms with Gasteiger partial charge in [0.25, 0.3) is 0 Å². The first-order valence-corrected chi connectivity index (χ1v) is 7.94. The van der Waals surface area contributed by atoms with Crippen LogP contribution in [-0.4, -0.2) is 0 Å². The predicted octanol–water partition coefficient (Wildman–Crippen LogP) is 4.67. The molecule has 1 heterocycles. The maximum atomic E-state index is 5.75. The first-order chi connectivity index (χ1) is 8.31. The van der Waals surface area contributed by atoms with Gasteiger partial charge in [0.1, 0.15) is 0 Å². The second kappa shape index (κ2) is 8.71. The van der Waals surface area contributed by atoms with Gasteiger partial charge in [-0.2, -0.15) is 0 Å². The summed E-state index contributed by atoms with van der Waals surface area (Å²) in [5.41, 5.74) is 7.34. The summed E-state index contributed by atoms with van der Waals surface area (Å²) in [4.78, 5) is 2.97. The zero-order valence-corrected chi connectivity index (χ0v) is 12.2. The van der Waals surface area contributed by atoms with Crippen LogP contribution in [-0.2, 0) is 19.4 Å². The van der Waals surface area contributed by atoms with E-state index in [1.807, 2.05) is 11.3 Å². The fraction of sp³-hybridized carbons (Fsp3) is 0.733. The molecule has 0 aliphatic heterocycles. The van der Waals surface area contributed by atoms with Gasteiger partial charge in [-0.1, -0.05) is 39.5 Å². The molecule has 2 heteroatoms. The zero-order chi connectivity index (χ0) is 12.5. The highest BCUT2D eigenvalue weighted by Crippen LogP contribution is 2.26. The van der Waals surface area contributed by atoms with Gasteiger partial charge in [0.15, 0.2) is 0 Å². The Morgan fingerprint density at radius 1 is 1.00 bits per heavy atom. The van der Waals surface area contributed by atoms with Crippen molar-refractivity contribution in [3.63, 3.8) is 0 Å². The van der Waals surface area contributed by atoms with E-state index in [1.54, 1.807) is 10.4 Å². The summed E-state index contributed by atoms with van der Waals surface area (Å²) in [6, 6.07) is 2.35. The molecule has 1 aromatic heterocycles. The Labute approximate surface area is 110 Å². The molecule has 0 saturated carbocycles. The smallest absolute Gasteiger partial charge is 0.0273 e. The van der Waals surface area contributed by atoms with Crippen molar-refractivity contribution in [2.24, 2.45) is 5.73 Å². The van der Waals surface area contributed by atoms with E-state index in [2.05, 4.69) is 19.9 Å². The number of aryl methyl sites for hydroxylation is 2. The Morgan fingerprint density at radius 2 is 1.65 bits per heavy atom. The second-order valence-electron chi connectivity index (χ2n) is 4.78. The molecule has 0 aliphatic carbocycles. The quantitative estimate of drug-likeness (QED) is 0.636. The van der Waals surface area contributed by atoms with Crippen molar-refractivity contribution >= 4 is 11.3 Å². The van der Waals surface area contributed by atoms with Crippen molar-refractivity contribution in [1.29, 1.82) is 0 Å². The summed E-state index contributed by atoms with van der Waals surface area (Å²) in [5, 5.41) is 0. The molecule has 0 atom stereocenters. The van der Waals surface area contributed by atoms with Crippen molar-refractivity contribution in [3.8, 4) is 0 Å². The molecule has 1 rings (SSSR count). The fourth-order valence-electron chi connectivity index (χ4n) is 2.15. The lowest BCUT2D eigenvalue weighted by Crippen LogP contribution is -1.92. The maximum Gasteiger partial charge on any atom is 0.0273 e. The Morgan fingerprint density at radius 3 is 2.24 bits per heavy atom. The molecule has 17 heavy (non-hydrogen) atoms. The number of thiophene rings is 1. The van der Waals surface area contributed by atoms with E-state index < -0.39 is 0 Å². The number of nitrogens with two attached hydrogens (primary N) is 1. The monoisotopic (exact) mass is 253 g/mol. The van der Waals surface area contributed by atoms with Gasteiger partial charge in [-0.25, -0.2) is 0 Å². The Bertz CT molecular complexity index is 276. The molecule has 0 aliphatic rings. The van der Waals surface area contributed by atoms with Crippen molar-refractivity contribution in [2.75, 3.05) is 0 Å². The molecule has 0 saturated heterocycles. The van der Waals surface area contributed by atoms with Gasteiger partial charge in [-0.3, -0.25) is 0 Å². The highest BCUT2D eigenvalue weighted by molar-refractivity contribution is 7.12. The second-order valence-corrected chi connectivity index (χ2v) is 6.00. The van der Waals surface area contributed by atoms with Crippen molar-refractivity contribution in [3.05, 3.63) is 21.4 Å². The lowest BCUT2D eigenvalue weighted by atomic mass is 10.0. The van der Waals surface area contributed by atoms with Gasteiger partial charge in [0.2, 0.25) is 0 Å². The lowest BCUT2D eigenvalue weighted by molar-refractivity contribution is 0.699. The largest absolute Gasteiger partial charge is 0.326 e. The van der Waals surface area contributed by atoms with Crippen LogP contribution in [0, 0.1) is 0 Å². The number of hydrogen-bond acceptors (Lipinski definition) is 2. The standard InChI is InChI=1S/C15H27NS/c1-3-5-7-9-13-11-14(12-16)17-15(13)10-8-6-4-2/h11H,3-10,12,16H2,1-2H3. The highest BCUT2D eigenvalue weighted by Gasteiger charge is 2.07. The van der Waals surface area contributed by atoms with E-state index in [-0.39, 0.29) is 0 Å². The first-order valence-electron chi connectivity index (χ1n) is 7.12. The van der Waals surface area contributed by atoms with Crippen LogP contribution in [0.5, 0.6) is 0 Å². The Hall–Kier alpha value is -0.340. The summed E-state index contributed by atoms with van der Waals surface area (Å²) in [6.07, 6.45) is 10.5. The molecule has 1 nitrogen and oxygen atoms in total. The van der Waals surface area contributed by atoms with Crippen molar-refractivity contribution < 1.29 is 0 Å². The van der Waals surface area contributed by atoms with Crippen LogP contribution >= 0.6 is 11.3 Å². The van der Waals surface area contributed by atoms with Crippen molar-refractivity contribution in [2.45, 2.75) is 71.8 Å². The average Bonchev–Trinajstić information content (AvgIpc) is 2.73. The van der Waals surface area contributed by atoms with E-state index in [1.165, 1.54) is 56.2 Å². The van der Waals surface area contributed by atoms with E-state index in [0.29, 0.717) is 6.54 Å². The summed E-state index contributed by atoms with van der Waals surface area (Å²) in [5.74, 6) is 0. The van der Waals surface area contributed by atoms with E-state index in [0.717, 1.165) is 0 Å². The van der Waals surface area contributed by atoms with Gasteiger partial charge >= 0.3 is 0 Å². The minimum absolute atomic E-state index is 0.708. The Balaban J connectivity index is 2.54. The minimum Gasteiger partial charge on any atom is -0.326 e. The normalized spacial score (nSPS) is 11.0. The molecule has 0 spiro atoms. The summed E-state index contributed by atoms with van der Waals surface area (Å²) in [6.45, 7) is 5.24. The molecular weight excluding hydrogens is 226 g/mol. The average molecular weight is 253 g/mol. The zero-order valence-electron chi connectivity index (χ0n) is 11.4. The molecule has 0 unspecified atom stereocenters. The molecule has 2 N–H and O–H groups in total. The third-order valence-electron chi connectivity index (χ3n) is 3.21. The van der Waals surface area contributed by atoms with Crippen molar-refractivity contribution in [1.82, 2.24) is 0 Å². The fourth-order valence-corrected chi connectivity index (χ4v) is 3.29. The Kier molecular flexibility index (Phi) is 7.54. The third kappa shape index (κ3) is 5.22. The summed E-state index contributed by atoms with van der Waals surface area (Å²) >= 11 is 1.94. The number of unbranched alkanes of at least 4 members (excludes halogenated alkanes) is 4. The van der Waals surface area contributed by atoms with E-state index in [9.17, 15) is 0 Å². The van der Waals surface area contributed by atoms with Crippen LogP contribution in [0.2, 0.25) is 0 Å². The van der Waals surface area contributed by atoms with Crippen LogP contribution in [0.25, 0.3) is 0 Å². The van der Waals surface area contributed by atoms with E-state index in [4.69, 9.17) is 5.73 Å². The van der Waals surface area contributed by atoms with Gasteiger partial charge in [0.05, 0.1) is 0 Å². The minimum atomic E-state index is 0.708. The van der Waals surface area contributed by atoms with Gasteiger partial charge in [0, 0.05) is 16.3 Å². The lowest BCUT2D eigenvalue weighted by Gasteiger charge is -2.03. The molecule has 1 aromatic rings. The van der Waals surface area contributed by atoms with Crippen LogP contribution in [0.4, 0.5) is 0 Å². The molecule has 98 valence electrons. The third-order valence-corrected chi connectivity index (χ3v) is 4.47. The van der Waals surface area contributed by atoms with Crippen LogP contribution in [0.1, 0.15) is 67.7 Å². The van der Waals surface area contributed by atoms with Crippen LogP contribution in [0.3, 0.4) is 0 Å². The maximum absolute atomic E-state index is 5.75. The molecule has 0 bridgehead atoms. The van der Waals surface area contributed by atoms with Crippen LogP contribution < -0.4 is 5.73 Å². The molecule has 0 fully saturated rings. The van der Waals surface area contributed by atoms with Gasteiger partial charge in [-0.05, 0) is 37.3 Å². The number of hydrogen-bond donors (Lipinski definition) is 1. The topological polar surface area (TPSA) is 26.0 Å². The summed E-state index contributed by atoms with van der Waals surface area (Å²) < 4.78 is 0. The molecule has 0 aromatic carbocycles. The highest BCUT2D eigenvalue weighted by atomic mass is 32.1. The predicted molar refractivity (Wildman–Crippen MR) is 78.7 cm³/mol. The van der Waals surface area contributed by atoms with E-state index >= 15 is 0 Å². The number of rotatable bonds is 9.